The molecule has 0 unspecified atom stereocenters. The summed E-state index contributed by atoms with van der Waals surface area (Å²) in [5, 5.41) is 4.53. The van der Waals surface area contributed by atoms with E-state index in [-0.39, 0.29) is 30.8 Å². The third kappa shape index (κ3) is 5.41. The molecule has 0 atom stereocenters. The van der Waals surface area contributed by atoms with Crippen LogP contribution in [0, 0.1) is 0 Å². The number of benzene rings is 2. The molecule has 0 bridgehead atoms. The first-order valence-electron chi connectivity index (χ1n) is 8.75. The van der Waals surface area contributed by atoms with Crippen molar-refractivity contribution in [3.05, 3.63) is 65.4 Å². The minimum atomic E-state index is -0.324. The Bertz CT molecular complexity index is 892. The molecule has 28 heavy (non-hydrogen) atoms. The van der Waals surface area contributed by atoms with Crippen molar-refractivity contribution in [2.24, 2.45) is 0 Å². The average Bonchev–Trinajstić information content (AvgIpc) is 3.03. The molecule has 2 aromatic carbocycles. The minimum Gasteiger partial charge on any atom is -0.464 e. The van der Waals surface area contributed by atoms with Crippen molar-refractivity contribution in [2.45, 2.75) is 13.0 Å². The normalized spacial score (nSPS) is 10.1. The van der Waals surface area contributed by atoms with Crippen LogP contribution < -0.4 is 10.2 Å². The molecule has 5 nitrogen and oxygen atoms in total. The van der Waals surface area contributed by atoms with Crippen molar-refractivity contribution in [2.75, 3.05) is 32.6 Å². The Morgan fingerprint density at radius 2 is 1.75 bits per heavy atom. The summed E-state index contributed by atoms with van der Waals surface area (Å²) in [6, 6.07) is 16.5. The zero-order chi connectivity index (χ0) is 18.5. The summed E-state index contributed by atoms with van der Waals surface area (Å²) in [7, 11) is 5.48. The molecule has 0 saturated heterocycles. The van der Waals surface area contributed by atoms with Crippen LogP contribution in [0.3, 0.4) is 0 Å². The fourth-order valence-electron chi connectivity index (χ4n) is 3.09. The SMILES string of the molecule is COC(=O)c1[nH]c2ccccc2c1CCNCc1ccc(N(C)C)cc1.Cl.Cl. The van der Waals surface area contributed by atoms with Gasteiger partial charge in [-0.25, -0.2) is 4.79 Å². The second kappa shape index (κ2) is 11.0. The summed E-state index contributed by atoms with van der Waals surface area (Å²) in [5.74, 6) is -0.324. The lowest BCUT2D eigenvalue weighted by atomic mass is 10.1. The number of nitrogens with one attached hydrogen (secondary N) is 2. The van der Waals surface area contributed by atoms with Crippen LogP contribution in [0.1, 0.15) is 21.6 Å². The maximum Gasteiger partial charge on any atom is 0.354 e. The molecule has 1 heterocycles. The van der Waals surface area contributed by atoms with E-state index in [1.165, 1.54) is 18.4 Å². The largest absolute Gasteiger partial charge is 0.464 e. The quantitative estimate of drug-likeness (QED) is 0.441. The van der Waals surface area contributed by atoms with Crippen molar-refractivity contribution < 1.29 is 9.53 Å². The highest BCUT2D eigenvalue weighted by atomic mass is 35.5. The van der Waals surface area contributed by atoms with Crippen LogP contribution in [0.15, 0.2) is 48.5 Å². The molecule has 0 radical (unpaired) electrons. The molecule has 0 aliphatic heterocycles. The van der Waals surface area contributed by atoms with Gasteiger partial charge in [0, 0.05) is 37.2 Å². The molecule has 1 aromatic heterocycles. The second-order valence-electron chi connectivity index (χ2n) is 6.50. The molecule has 0 aliphatic carbocycles. The van der Waals surface area contributed by atoms with Gasteiger partial charge in [-0.05, 0) is 42.3 Å². The van der Waals surface area contributed by atoms with Crippen molar-refractivity contribution >= 4 is 47.4 Å². The van der Waals surface area contributed by atoms with Gasteiger partial charge in [-0.15, -0.1) is 24.8 Å². The van der Waals surface area contributed by atoms with Crippen LogP contribution in [0.2, 0.25) is 0 Å². The second-order valence-corrected chi connectivity index (χ2v) is 6.50. The van der Waals surface area contributed by atoms with Crippen LogP contribution in [0.5, 0.6) is 0 Å². The summed E-state index contributed by atoms with van der Waals surface area (Å²) >= 11 is 0. The lowest BCUT2D eigenvalue weighted by Crippen LogP contribution is -2.18. The molecule has 3 rings (SSSR count). The molecule has 0 saturated carbocycles. The number of halogens is 2. The number of hydrogen-bond donors (Lipinski definition) is 2. The van der Waals surface area contributed by atoms with Crippen LogP contribution in [-0.4, -0.2) is 38.7 Å². The number of aromatic nitrogens is 1. The fourth-order valence-corrected chi connectivity index (χ4v) is 3.09. The number of methoxy groups -OCH3 is 1. The van der Waals surface area contributed by atoms with E-state index in [2.05, 4.69) is 39.5 Å². The molecule has 0 amide bonds. The van der Waals surface area contributed by atoms with Crippen molar-refractivity contribution in [3.63, 3.8) is 0 Å². The van der Waals surface area contributed by atoms with E-state index in [1.807, 2.05) is 38.4 Å². The number of H-pyrrole nitrogens is 1. The topological polar surface area (TPSA) is 57.4 Å². The molecule has 0 fully saturated rings. The molecular weight excluding hydrogens is 397 g/mol. The predicted octanol–water partition coefficient (Wildman–Crippen LogP) is 4.20. The lowest BCUT2D eigenvalue weighted by Gasteiger charge is -2.13. The number of aromatic amines is 1. The Kier molecular flexibility index (Phi) is 9.32. The van der Waals surface area contributed by atoms with E-state index in [9.17, 15) is 4.79 Å². The van der Waals surface area contributed by atoms with Crippen LogP contribution >= 0.6 is 24.8 Å². The lowest BCUT2D eigenvalue weighted by molar-refractivity contribution is 0.0594. The molecule has 3 aromatic rings. The van der Waals surface area contributed by atoms with E-state index in [0.29, 0.717) is 5.69 Å². The molecule has 0 spiro atoms. The highest BCUT2D eigenvalue weighted by molar-refractivity contribution is 5.98. The highest BCUT2D eigenvalue weighted by Crippen LogP contribution is 2.23. The van der Waals surface area contributed by atoms with Gasteiger partial charge in [-0.3, -0.25) is 0 Å². The Labute approximate surface area is 178 Å². The smallest absolute Gasteiger partial charge is 0.354 e. The van der Waals surface area contributed by atoms with Gasteiger partial charge in [0.1, 0.15) is 5.69 Å². The summed E-state index contributed by atoms with van der Waals surface area (Å²) < 4.78 is 4.92. The van der Waals surface area contributed by atoms with Gasteiger partial charge in [0.15, 0.2) is 0 Å². The van der Waals surface area contributed by atoms with E-state index in [0.717, 1.165) is 36.0 Å². The Hall–Kier alpha value is -2.21. The van der Waals surface area contributed by atoms with E-state index in [4.69, 9.17) is 4.74 Å². The van der Waals surface area contributed by atoms with Gasteiger partial charge >= 0.3 is 5.97 Å². The Balaban J connectivity index is 0.00000196. The third-order valence-corrected chi connectivity index (χ3v) is 4.54. The monoisotopic (exact) mass is 423 g/mol. The first kappa shape index (κ1) is 23.8. The van der Waals surface area contributed by atoms with Crippen molar-refractivity contribution in [1.29, 1.82) is 0 Å². The number of rotatable bonds is 7. The molecule has 7 heteroatoms. The zero-order valence-corrected chi connectivity index (χ0v) is 18.0. The van der Waals surface area contributed by atoms with Crippen molar-refractivity contribution in [3.8, 4) is 0 Å². The van der Waals surface area contributed by atoms with Crippen LogP contribution in [0.25, 0.3) is 10.9 Å². The number of fused-ring (bicyclic) bond motifs is 1. The number of esters is 1. The molecule has 152 valence electrons. The minimum absolute atomic E-state index is 0. The number of nitrogens with zero attached hydrogens (tertiary/aromatic N) is 1. The van der Waals surface area contributed by atoms with Crippen molar-refractivity contribution in [1.82, 2.24) is 10.3 Å². The molecule has 2 N–H and O–H groups in total. The van der Waals surface area contributed by atoms with E-state index >= 15 is 0 Å². The summed E-state index contributed by atoms with van der Waals surface area (Å²) in [5.41, 5.74) is 4.94. The van der Waals surface area contributed by atoms with Gasteiger partial charge in [0.25, 0.3) is 0 Å². The first-order chi connectivity index (χ1) is 12.6. The number of para-hydroxylation sites is 1. The van der Waals surface area contributed by atoms with E-state index in [1.54, 1.807) is 0 Å². The molecule has 0 aliphatic rings. The van der Waals surface area contributed by atoms with Gasteiger partial charge in [0.2, 0.25) is 0 Å². The maximum atomic E-state index is 12.1. The highest BCUT2D eigenvalue weighted by Gasteiger charge is 2.17. The fraction of sp³-hybridized carbons (Fsp3) is 0.286. The predicted molar refractivity (Wildman–Crippen MR) is 120 cm³/mol. The third-order valence-electron chi connectivity index (χ3n) is 4.54. The summed E-state index contributed by atoms with van der Waals surface area (Å²) in [6.45, 7) is 1.57. The molecular formula is C21H27Cl2N3O2. The average molecular weight is 424 g/mol. The van der Waals surface area contributed by atoms with Gasteiger partial charge in [-0.2, -0.15) is 0 Å². The standard InChI is InChI=1S/C21H25N3O2.2ClH/c1-24(2)16-10-8-15(9-11-16)14-22-13-12-18-17-6-4-5-7-19(17)23-20(18)21(25)26-3;;/h4-11,22-23H,12-14H2,1-3H3;2*1H. The number of carbonyl (C=O) groups is 1. The number of ether oxygens (including phenoxy) is 1. The Morgan fingerprint density at radius 3 is 2.39 bits per heavy atom. The van der Waals surface area contributed by atoms with Gasteiger partial charge < -0.3 is 19.9 Å². The maximum absolute atomic E-state index is 12.1. The van der Waals surface area contributed by atoms with Gasteiger partial charge in [0.05, 0.1) is 7.11 Å². The van der Waals surface area contributed by atoms with Gasteiger partial charge in [-0.1, -0.05) is 30.3 Å². The number of hydrogen-bond acceptors (Lipinski definition) is 4. The summed E-state index contributed by atoms with van der Waals surface area (Å²) in [6.07, 6.45) is 0.754. The van der Waals surface area contributed by atoms with E-state index < -0.39 is 0 Å². The van der Waals surface area contributed by atoms with Crippen LogP contribution in [0.4, 0.5) is 5.69 Å². The zero-order valence-electron chi connectivity index (χ0n) is 16.3. The summed E-state index contributed by atoms with van der Waals surface area (Å²) in [4.78, 5) is 17.3. The number of anilines is 1. The first-order valence-corrected chi connectivity index (χ1v) is 8.75. The van der Waals surface area contributed by atoms with Crippen LogP contribution in [-0.2, 0) is 17.7 Å². The Morgan fingerprint density at radius 1 is 1.07 bits per heavy atom. The number of carbonyl (C=O) groups excluding carboxylic acids is 1.